The van der Waals surface area contributed by atoms with Crippen molar-refractivity contribution in [3.8, 4) is 0 Å². The molecule has 0 aliphatic heterocycles. The molecule has 0 aromatic heterocycles. The van der Waals surface area contributed by atoms with Gasteiger partial charge in [0, 0.05) is 0 Å². The third-order valence-corrected chi connectivity index (χ3v) is 4.53. The van der Waals surface area contributed by atoms with Gasteiger partial charge in [-0.3, -0.25) is 0 Å². The molecule has 0 nitrogen and oxygen atoms in total. The van der Waals surface area contributed by atoms with E-state index in [2.05, 4.69) is 31.7 Å². The van der Waals surface area contributed by atoms with Crippen molar-refractivity contribution in [2.24, 2.45) is 29.1 Å². The van der Waals surface area contributed by atoms with Crippen molar-refractivity contribution in [1.29, 1.82) is 0 Å². The monoisotopic (exact) mass is 160 g/mol. The minimum Gasteiger partial charge on any atom is -0.103 e. The second-order valence-corrected chi connectivity index (χ2v) is 5.05. The van der Waals surface area contributed by atoms with Gasteiger partial charge in [0.1, 0.15) is 0 Å². The van der Waals surface area contributed by atoms with E-state index in [1.54, 1.807) is 0 Å². The lowest BCUT2D eigenvalue weighted by Crippen LogP contribution is -2.46. The molecular formula is C12H16. The van der Waals surface area contributed by atoms with Crippen molar-refractivity contribution >= 4 is 0 Å². The van der Waals surface area contributed by atoms with E-state index in [0.29, 0.717) is 5.41 Å². The van der Waals surface area contributed by atoms with Gasteiger partial charge >= 0.3 is 0 Å². The van der Waals surface area contributed by atoms with Gasteiger partial charge < -0.3 is 0 Å². The van der Waals surface area contributed by atoms with Gasteiger partial charge in [-0.1, -0.05) is 25.2 Å². The Morgan fingerprint density at radius 3 is 2.83 bits per heavy atom. The van der Waals surface area contributed by atoms with Crippen LogP contribution in [-0.2, 0) is 0 Å². The van der Waals surface area contributed by atoms with Crippen molar-refractivity contribution in [3.63, 3.8) is 0 Å². The second kappa shape index (κ2) is 1.86. The van der Waals surface area contributed by atoms with Crippen LogP contribution in [0.15, 0.2) is 24.8 Å². The van der Waals surface area contributed by atoms with Crippen LogP contribution < -0.4 is 0 Å². The number of rotatable bonds is 1. The van der Waals surface area contributed by atoms with Crippen molar-refractivity contribution in [2.75, 3.05) is 0 Å². The first-order chi connectivity index (χ1) is 5.74. The van der Waals surface area contributed by atoms with Crippen LogP contribution in [0.2, 0.25) is 0 Å². The van der Waals surface area contributed by atoms with E-state index in [-0.39, 0.29) is 0 Å². The summed E-state index contributed by atoms with van der Waals surface area (Å²) >= 11 is 0. The highest BCUT2D eigenvalue weighted by molar-refractivity contribution is 5.24. The van der Waals surface area contributed by atoms with Gasteiger partial charge in [-0.05, 0) is 41.9 Å². The van der Waals surface area contributed by atoms with E-state index < -0.39 is 0 Å². The third kappa shape index (κ3) is 0.573. The summed E-state index contributed by atoms with van der Waals surface area (Å²) in [6.45, 7) is 6.36. The minimum atomic E-state index is 0.481. The van der Waals surface area contributed by atoms with Gasteiger partial charge in [0.25, 0.3) is 0 Å². The largest absolute Gasteiger partial charge is 0.103 e. The Morgan fingerprint density at radius 2 is 2.17 bits per heavy atom. The first kappa shape index (κ1) is 6.94. The highest BCUT2D eigenvalue weighted by Gasteiger charge is 2.59. The fraction of sp³-hybridized carbons (Fsp3) is 0.667. The van der Waals surface area contributed by atoms with Crippen LogP contribution in [0.5, 0.6) is 0 Å². The van der Waals surface area contributed by atoms with Gasteiger partial charge in [0.15, 0.2) is 0 Å². The van der Waals surface area contributed by atoms with Crippen LogP contribution in [0, 0.1) is 29.1 Å². The highest BCUT2D eigenvalue weighted by atomic mass is 14.6. The van der Waals surface area contributed by atoms with Crippen LogP contribution >= 0.6 is 0 Å². The Balaban J connectivity index is 1.95. The van der Waals surface area contributed by atoms with Gasteiger partial charge in [0.05, 0.1) is 0 Å². The van der Waals surface area contributed by atoms with E-state index in [0.717, 1.165) is 23.7 Å². The standard InChI is InChI=1S/C12H16/c1-3-12(2)7-10-8-4-5-9(6-8)11(10)12/h3-5,8-11H,1,6-7H2,2H3. The number of hydrogen-bond acceptors (Lipinski definition) is 0. The molecule has 5 unspecified atom stereocenters. The Morgan fingerprint density at radius 1 is 1.42 bits per heavy atom. The maximum Gasteiger partial charge on any atom is -0.0110 e. The maximum absolute atomic E-state index is 3.97. The number of allylic oxidation sites excluding steroid dienone is 3. The summed E-state index contributed by atoms with van der Waals surface area (Å²) in [5, 5.41) is 0. The minimum absolute atomic E-state index is 0.481. The van der Waals surface area contributed by atoms with Gasteiger partial charge in [-0.25, -0.2) is 0 Å². The topological polar surface area (TPSA) is 0 Å². The van der Waals surface area contributed by atoms with E-state index in [1.807, 2.05) is 0 Å². The molecule has 2 saturated carbocycles. The fourth-order valence-corrected chi connectivity index (χ4v) is 3.88. The SMILES string of the molecule is C=CC1(C)CC2C3C=CC(C3)C21. The Hall–Kier alpha value is -0.520. The second-order valence-electron chi connectivity index (χ2n) is 5.05. The number of hydrogen-bond donors (Lipinski definition) is 0. The zero-order chi connectivity index (χ0) is 8.34. The lowest BCUT2D eigenvalue weighted by molar-refractivity contribution is 0.00753. The zero-order valence-electron chi connectivity index (χ0n) is 7.66. The smallest absolute Gasteiger partial charge is 0.0110 e. The van der Waals surface area contributed by atoms with E-state index >= 15 is 0 Å². The maximum atomic E-state index is 3.97. The Bertz CT molecular complexity index is 263. The molecule has 64 valence electrons. The van der Waals surface area contributed by atoms with Crippen molar-refractivity contribution < 1.29 is 0 Å². The van der Waals surface area contributed by atoms with E-state index in [4.69, 9.17) is 0 Å². The lowest BCUT2D eigenvalue weighted by atomic mass is 9.51. The lowest BCUT2D eigenvalue weighted by Gasteiger charge is -2.53. The molecule has 0 heteroatoms. The van der Waals surface area contributed by atoms with Gasteiger partial charge in [0.2, 0.25) is 0 Å². The molecule has 3 aliphatic rings. The summed E-state index contributed by atoms with van der Waals surface area (Å²) < 4.78 is 0. The molecule has 0 heterocycles. The normalized spacial score (nSPS) is 59.8. The molecule has 0 amide bonds. The summed E-state index contributed by atoms with van der Waals surface area (Å²) in [6.07, 6.45) is 9.94. The average Bonchev–Trinajstić information content (AvgIpc) is 2.58. The molecule has 3 aliphatic carbocycles. The first-order valence-corrected chi connectivity index (χ1v) is 5.06. The molecule has 2 fully saturated rings. The zero-order valence-corrected chi connectivity index (χ0v) is 7.66. The van der Waals surface area contributed by atoms with Crippen LogP contribution in [0.1, 0.15) is 19.8 Å². The van der Waals surface area contributed by atoms with E-state index in [9.17, 15) is 0 Å². The predicted octanol–water partition coefficient (Wildman–Crippen LogP) is 3.02. The molecule has 0 saturated heterocycles. The summed E-state index contributed by atoms with van der Waals surface area (Å²) in [4.78, 5) is 0. The Labute approximate surface area is 74.4 Å². The molecule has 0 aromatic carbocycles. The highest BCUT2D eigenvalue weighted by Crippen LogP contribution is 2.66. The molecule has 2 bridgehead atoms. The van der Waals surface area contributed by atoms with Crippen LogP contribution in [0.3, 0.4) is 0 Å². The summed E-state index contributed by atoms with van der Waals surface area (Å²) in [5.74, 6) is 3.80. The predicted molar refractivity (Wildman–Crippen MR) is 50.6 cm³/mol. The molecule has 5 atom stereocenters. The quantitative estimate of drug-likeness (QED) is 0.517. The van der Waals surface area contributed by atoms with Crippen molar-refractivity contribution in [1.82, 2.24) is 0 Å². The summed E-state index contributed by atoms with van der Waals surface area (Å²) in [6, 6.07) is 0. The molecule has 0 aromatic rings. The molecule has 0 radical (unpaired) electrons. The molecule has 12 heavy (non-hydrogen) atoms. The fourth-order valence-electron chi connectivity index (χ4n) is 3.88. The summed E-state index contributed by atoms with van der Waals surface area (Å²) in [7, 11) is 0. The first-order valence-electron chi connectivity index (χ1n) is 5.06. The molecule has 0 N–H and O–H groups in total. The molecule has 0 spiro atoms. The molecular weight excluding hydrogens is 144 g/mol. The van der Waals surface area contributed by atoms with Crippen molar-refractivity contribution in [3.05, 3.63) is 24.8 Å². The molecule has 3 rings (SSSR count). The average molecular weight is 160 g/mol. The van der Waals surface area contributed by atoms with Crippen LogP contribution in [0.25, 0.3) is 0 Å². The van der Waals surface area contributed by atoms with Gasteiger partial charge in [-0.2, -0.15) is 0 Å². The van der Waals surface area contributed by atoms with Crippen LogP contribution in [-0.4, -0.2) is 0 Å². The third-order valence-electron chi connectivity index (χ3n) is 4.53. The van der Waals surface area contributed by atoms with Gasteiger partial charge in [-0.15, -0.1) is 6.58 Å². The van der Waals surface area contributed by atoms with Crippen molar-refractivity contribution in [2.45, 2.75) is 19.8 Å². The van der Waals surface area contributed by atoms with Crippen LogP contribution in [0.4, 0.5) is 0 Å². The summed E-state index contributed by atoms with van der Waals surface area (Å²) in [5.41, 5.74) is 0.481. The van der Waals surface area contributed by atoms with E-state index in [1.165, 1.54) is 12.8 Å². The Kier molecular flexibility index (Phi) is 1.08. The number of fused-ring (bicyclic) bond motifs is 5.